The van der Waals surface area contributed by atoms with Crippen molar-refractivity contribution in [1.29, 1.82) is 0 Å². The maximum absolute atomic E-state index is 13.7. The van der Waals surface area contributed by atoms with Crippen LogP contribution in [0.3, 0.4) is 0 Å². The number of nitrogens with zero attached hydrogens (tertiary/aromatic N) is 2. The number of ether oxygens (including phenoxy) is 1. The van der Waals surface area contributed by atoms with E-state index in [-0.39, 0.29) is 17.5 Å². The van der Waals surface area contributed by atoms with Gasteiger partial charge in [-0.1, -0.05) is 67.0 Å². The third-order valence-electron chi connectivity index (χ3n) is 6.52. The lowest BCUT2D eigenvalue weighted by Gasteiger charge is -2.39. The molecule has 0 saturated heterocycles. The summed E-state index contributed by atoms with van der Waals surface area (Å²) in [5.74, 6) is 2.41. The molecule has 4 nitrogen and oxygen atoms in total. The third-order valence-corrected chi connectivity index (χ3v) is 6.52. The first-order chi connectivity index (χ1) is 13.6. The van der Waals surface area contributed by atoms with Crippen molar-refractivity contribution >= 4 is 17.0 Å². The quantitative estimate of drug-likeness (QED) is 0.564. The zero-order valence-corrected chi connectivity index (χ0v) is 19.2. The summed E-state index contributed by atoms with van der Waals surface area (Å²) in [5, 5.41) is 0. The molecular formula is C25H38N2O2. The number of carbonyl (C=O) groups excluding carboxylic acids is 1. The van der Waals surface area contributed by atoms with E-state index in [0.29, 0.717) is 17.8 Å². The minimum Gasteiger partial charge on any atom is -0.461 e. The molecule has 29 heavy (non-hydrogen) atoms. The van der Waals surface area contributed by atoms with Crippen molar-refractivity contribution in [2.24, 2.45) is 23.2 Å². The zero-order valence-electron chi connectivity index (χ0n) is 19.2. The molecule has 0 bridgehead atoms. The van der Waals surface area contributed by atoms with Crippen LogP contribution >= 0.6 is 0 Å². The number of imidazole rings is 1. The van der Waals surface area contributed by atoms with Gasteiger partial charge in [0.15, 0.2) is 0 Å². The fourth-order valence-electron chi connectivity index (χ4n) is 4.94. The molecule has 2 aromatic rings. The molecule has 0 spiro atoms. The van der Waals surface area contributed by atoms with Crippen LogP contribution < -0.4 is 0 Å². The Morgan fingerprint density at radius 2 is 1.93 bits per heavy atom. The van der Waals surface area contributed by atoms with Crippen molar-refractivity contribution < 1.29 is 9.53 Å². The molecule has 4 atom stereocenters. The SMILES string of the molecule is CCc1nc2ccccc2n1[C@@H](C(=O)O[C@@H]1CC(C)CCC1C(C)C)C(C)(C)C. The molecule has 1 saturated carbocycles. The van der Waals surface area contributed by atoms with Gasteiger partial charge in [0.1, 0.15) is 18.0 Å². The van der Waals surface area contributed by atoms with E-state index < -0.39 is 6.04 Å². The number of hydrogen-bond donors (Lipinski definition) is 0. The molecule has 0 radical (unpaired) electrons. The number of para-hydroxylation sites is 2. The van der Waals surface area contributed by atoms with E-state index in [1.165, 1.54) is 6.42 Å². The van der Waals surface area contributed by atoms with Crippen LogP contribution in [0.15, 0.2) is 24.3 Å². The summed E-state index contributed by atoms with van der Waals surface area (Å²) in [5.41, 5.74) is 1.68. The van der Waals surface area contributed by atoms with E-state index >= 15 is 0 Å². The van der Waals surface area contributed by atoms with E-state index in [9.17, 15) is 4.79 Å². The Balaban J connectivity index is 1.99. The standard InChI is InChI=1S/C25H38N2O2/c1-8-22-26-19-11-9-10-12-20(19)27(22)23(25(5,6)7)24(28)29-21-15-17(4)13-14-18(21)16(2)3/h9-12,16-18,21,23H,8,13-15H2,1-7H3/t17?,18?,21-,23+/m1/s1. The fourth-order valence-corrected chi connectivity index (χ4v) is 4.94. The molecule has 4 heteroatoms. The van der Waals surface area contributed by atoms with Crippen LogP contribution in [-0.2, 0) is 16.0 Å². The second-order valence-electron chi connectivity index (χ2n) is 10.3. The van der Waals surface area contributed by atoms with Gasteiger partial charge in [-0.05, 0) is 48.1 Å². The van der Waals surface area contributed by atoms with Gasteiger partial charge in [0.2, 0.25) is 0 Å². The molecule has 1 aromatic heterocycles. The minimum atomic E-state index is -0.394. The van der Waals surface area contributed by atoms with Crippen LogP contribution in [-0.4, -0.2) is 21.6 Å². The summed E-state index contributed by atoms with van der Waals surface area (Å²) in [6, 6.07) is 7.71. The van der Waals surface area contributed by atoms with E-state index in [1.54, 1.807) is 0 Å². The number of benzene rings is 1. The van der Waals surface area contributed by atoms with Crippen LogP contribution in [0.4, 0.5) is 0 Å². The van der Waals surface area contributed by atoms with Crippen LogP contribution in [0.25, 0.3) is 11.0 Å². The summed E-state index contributed by atoms with van der Waals surface area (Å²) in [7, 11) is 0. The van der Waals surface area contributed by atoms with Gasteiger partial charge in [-0.25, -0.2) is 9.78 Å². The smallest absolute Gasteiger partial charge is 0.330 e. The highest BCUT2D eigenvalue weighted by molar-refractivity contribution is 5.82. The highest BCUT2D eigenvalue weighted by Crippen LogP contribution is 2.39. The number of carbonyl (C=O) groups is 1. The molecule has 0 aliphatic heterocycles. The number of aromatic nitrogens is 2. The first kappa shape index (κ1) is 21.9. The van der Waals surface area contributed by atoms with Crippen molar-refractivity contribution in [3.63, 3.8) is 0 Å². The molecule has 1 aliphatic carbocycles. The van der Waals surface area contributed by atoms with E-state index in [0.717, 1.165) is 36.1 Å². The second-order valence-corrected chi connectivity index (χ2v) is 10.3. The zero-order chi connectivity index (χ0) is 21.3. The lowest BCUT2D eigenvalue weighted by atomic mass is 9.75. The van der Waals surface area contributed by atoms with Gasteiger partial charge < -0.3 is 9.30 Å². The first-order valence-electron chi connectivity index (χ1n) is 11.3. The van der Waals surface area contributed by atoms with Crippen molar-refractivity contribution in [2.75, 3.05) is 0 Å². The topological polar surface area (TPSA) is 44.1 Å². The molecule has 2 unspecified atom stereocenters. The van der Waals surface area contributed by atoms with Crippen LogP contribution in [0, 0.1) is 23.2 Å². The van der Waals surface area contributed by atoms with Gasteiger partial charge in [0.25, 0.3) is 0 Å². The number of aryl methyl sites for hydroxylation is 1. The molecule has 1 heterocycles. The Morgan fingerprint density at radius 3 is 2.55 bits per heavy atom. The number of fused-ring (bicyclic) bond motifs is 1. The van der Waals surface area contributed by atoms with Gasteiger partial charge in [-0.2, -0.15) is 0 Å². The predicted molar refractivity (Wildman–Crippen MR) is 119 cm³/mol. The molecule has 1 aliphatic rings. The Morgan fingerprint density at radius 1 is 1.24 bits per heavy atom. The van der Waals surface area contributed by atoms with Gasteiger partial charge >= 0.3 is 5.97 Å². The van der Waals surface area contributed by atoms with Gasteiger partial charge in [-0.3, -0.25) is 0 Å². The largest absolute Gasteiger partial charge is 0.461 e. The van der Waals surface area contributed by atoms with Crippen molar-refractivity contribution in [3.05, 3.63) is 30.1 Å². The Kier molecular flexibility index (Phi) is 6.40. The Bertz CT molecular complexity index is 846. The van der Waals surface area contributed by atoms with E-state index in [2.05, 4.69) is 59.1 Å². The molecule has 1 aromatic carbocycles. The lowest BCUT2D eigenvalue weighted by molar-refractivity contribution is -0.163. The summed E-state index contributed by atoms with van der Waals surface area (Å²) in [4.78, 5) is 18.5. The van der Waals surface area contributed by atoms with E-state index in [1.807, 2.05) is 18.2 Å². The Labute approximate surface area is 176 Å². The lowest BCUT2D eigenvalue weighted by Crippen LogP contribution is -2.40. The normalized spacial score (nSPS) is 24.1. The number of esters is 1. The fraction of sp³-hybridized carbons (Fsp3) is 0.680. The number of hydrogen-bond acceptors (Lipinski definition) is 3. The molecular weight excluding hydrogens is 360 g/mol. The maximum atomic E-state index is 13.7. The number of rotatable bonds is 5. The molecule has 3 rings (SSSR count). The molecule has 0 amide bonds. The second kappa shape index (κ2) is 8.49. The van der Waals surface area contributed by atoms with Crippen molar-refractivity contribution in [3.8, 4) is 0 Å². The summed E-state index contributed by atoms with van der Waals surface area (Å²) >= 11 is 0. The third kappa shape index (κ3) is 4.51. The van der Waals surface area contributed by atoms with Crippen molar-refractivity contribution in [1.82, 2.24) is 9.55 Å². The first-order valence-corrected chi connectivity index (χ1v) is 11.3. The average Bonchev–Trinajstić information content (AvgIpc) is 2.99. The predicted octanol–water partition coefficient (Wildman–Crippen LogP) is 6.19. The molecule has 1 fully saturated rings. The van der Waals surface area contributed by atoms with Crippen LogP contribution in [0.2, 0.25) is 0 Å². The van der Waals surface area contributed by atoms with E-state index in [4.69, 9.17) is 9.72 Å². The average molecular weight is 399 g/mol. The summed E-state index contributed by atoms with van der Waals surface area (Å²) < 4.78 is 8.44. The Hall–Kier alpha value is -1.84. The van der Waals surface area contributed by atoms with Gasteiger partial charge in [0, 0.05) is 6.42 Å². The highest BCUT2D eigenvalue weighted by atomic mass is 16.5. The molecule has 0 N–H and O–H groups in total. The highest BCUT2D eigenvalue weighted by Gasteiger charge is 2.40. The molecule has 160 valence electrons. The monoisotopic (exact) mass is 398 g/mol. The van der Waals surface area contributed by atoms with Crippen molar-refractivity contribution in [2.45, 2.75) is 86.3 Å². The van der Waals surface area contributed by atoms with Crippen LogP contribution in [0.5, 0.6) is 0 Å². The minimum absolute atomic E-state index is 0.0102. The summed E-state index contributed by atoms with van der Waals surface area (Å²) in [6.45, 7) is 15.2. The van der Waals surface area contributed by atoms with Crippen LogP contribution in [0.1, 0.15) is 79.6 Å². The van der Waals surface area contributed by atoms with Gasteiger partial charge in [-0.15, -0.1) is 0 Å². The maximum Gasteiger partial charge on any atom is 0.330 e. The van der Waals surface area contributed by atoms with Gasteiger partial charge in [0.05, 0.1) is 11.0 Å². The summed E-state index contributed by atoms with van der Waals surface area (Å²) in [6.07, 6.45) is 4.13.